The zero-order valence-electron chi connectivity index (χ0n) is 10.4. The van der Waals surface area contributed by atoms with Gasteiger partial charge >= 0.3 is 5.97 Å². The van der Waals surface area contributed by atoms with E-state index in [0.717, 1.165) is 15.2 Å². The monoisotopic (exact) mass is 362 g/mol. The summed E-state index contributed by atoms with van der Waals surface area (Å²) in [6.45, 7) is 3.88. The summed E-state index contributed by atoms with van der Waals surface area (Å²) in [6.07, 6.45) is 2.66. The van der Waals surface area contributed by atoms with Crippen molar-refractivity contribution in [3.05, 3.63) is 27.3 Å². The minimum atomic E-state index is -0.980. The van der Waals surface area contributed by atoms with Gasteiger partial charge in [-0.3, -0.25) is 0 Å². The zero-order chi connectivity index (χ0) is 13.7. The SMILES string of the molecule is COc1cc(C=CC(=O)O)cc(I)c1OC(C)C. The lowest BCUT2D eigenvalue weighted by Gasteiger charge is -2.15. The van der Waals surface area contributed by atoms with Crippen LogP contribution in [0.2, 0.25) is 0 Å². The third-order valence-electron chi connectivity index (χ3n) is 2.02. The summed E-state index contributed by atoms with van der Waals surface area (Å²) in [5.41, 5.74) is 0.759. The number of methoxy groups -OCH3 is 1. The first-order valence-electron chi connectivity index (χ1n) is 5.39. The smallest absolute Gasteiger partial charge is 0.328 e. The number of carboxylic acid groups (broad SMARTS) is 1. The predicted octanol–water partition coefficient (Wildman–Crippen LogP) is 3.18. The Bertz CT molecular complexity index is 466. The van der Waals surface area contributed by atoms with Crippen LogP contribution in [0, 0.1) is 3.57 Å². The molecule has 1 rings (SSSR count). The molecule has 0 heterocycles. The van der Waals surface area contributed by atoms with Crippen molar-refractivity contribution in [1.82, 2.24) is 0 Å². The molecule has 0 aromatic heterocycles. The molecule has 0 fully saturated rings. The van der Waals surface area contributed by atoms with E-state index in [1.165, 1.54) is 6.08 Å². The number of rotatable bonds is 5. The van der Waals surface area contributed by atoms with Gasteiger partial charge in [0, 0.05) is 6.08 Å². The molecule has 18 heavy (non-hydrogen) atoms. The minimum absolute atomic E-state index is 0.0489. The standard InChI is InChI=1S/C13H15IO4/c1-8(2)18-13-10(14)6-9(4-5-12(15)16)7-11(13)17-3/h4-8H,1-3H3,(H,15,16). The van der Waals surface area contributed by atoms with E-state index in [4.69, 9.17) is 14.6 Å². The van der Waals surface area contributed by atoms with Crippen molar-refractivity contribution in [3.8, 4) is 11.5 Å². The van der Waals surface area contributed by atoms with Crippen LogP contribution in [0.3, 0.4) is 0 Å². The molecule has 0 aliphatic heterocycles. The van der Waals surface area contributed by atoms with Gasteiger partial charge in [0.25, 0.3) is 0 Å². The molecule has 0 aliphatic rings. The maximum absolute atomic E-state index is 10.5. The molecule has 0 radical (unpaired) electrons. The molecule has 4 nitrogen and oxygen atoms in total. The van der Waals surface area contributed by atoms with Gasteiger partial charge in [-0.05, 0) is 60.2 Å². The van der Waals surface area contributed by atoms with E-state index in [2.05, 4.69) is 22.6 Å². The fourth-order valence-corrected chi connectivity index (χ4v) is 2.11. The van der Waals surface area contributed by atoms with Crippen LogP contribution in [0.5, 0.6) is 11.5 Å². The Kier molecular flexibility index (Phi) is 5.46. The van der Waals surface area contributed by atoms with Gasteiger partial charge in [0.1, 0.15) is 0 Å². The van der Waals surface area contributed by atoms with Crippen LogP contribution in [0.15, 0.2) is 18.2 Å². The third-order valence-corrected chi connectivity index (χ3v) is 2.82. The lowest BCUT2D eigenvalue weighted by molar-refractivity contribution is -0.131. The molecule has 0 atom stereocenters. The topological polar surface area (TPSA) is 55.8 Å². The number of carbonyl (C=O) groups is 1. The van der Waals surface area contributed by atoms with E-state index in [-0.39, 0.29) is 6.10 Å². The largest absolute Gasteiger partial charge is 0.493 e. The van der Waals surface area contributed by atoms with E-state index < -0.39 is 5.97 Å². The fourth-order valence-electron chi connectivity index (χ4n) is 1.35. The van der Waals surface area contributed by atoms with Crippen molar-refractivity contribution < 1.29 is 19.4 Å². The molecule has 5 heteroatoms. The maximum atomic E-state index is 10.5. The molecule has 0 aliphatic carbocycles. The molecule has 0 saturated heterocycles. The second-order valence-electron chi connectivity index (χ2n) is 3.87. The Balaban J connectivity index is 3.14. The summed E-state index contributed by atoms with van der Waals surface area (Å²) in [5, 5.41) is 8.60. The molecule has 1 aromatic rings. The van der Waals surface area contributed by atoms with E-state index in [0.29, 0.717) is 11.5 Å². The highest BCUT2D eigenvalue weighted by atomic mass is 127. The van der Waals surface area contributed by atoms with Gasteiger partial charge in [0.05, 0.1) is 16.8 Å². The first-order chi connectivity index (χ1) is 8.43. The van der Waals surface area contributed by atoms with Gasteiger partial charge in [-0.1, -0.05) is 0 Å². The van der Waals surface area contributed by atoms with Crippen molar-refractivity contribution in [2.75, 3.05) is 7.11 Å². The molecular formula is C13H15IO4. The normalized spacial score (nSPS) is 10.9. The van der Waals surface area contributed by atoms with Crippen LogP contribution < -0.4 is 9.47 Å². The van der Waals surface area contributed by atoms with Crippen molar-refractivity contribution in [3.63, 3.8) is 0 Å². The van der Waals surface area contributed by atoms with E-state index >= 15 is 0 Å². The maximum Gasteiger partial charge on any atom is 0.328 e. The van der Waals surface area contributed by atoms with Crippen LogP contribution >= 0.6 is 22.6 Å². The van der Waals surface area contributed by atoms with Crippen LogP contribution in [0.1, 0.15) is 19.4 Å². The summed E-state index contributed by atoms with van der Waals surface area (Å²) < 4.78 is 11.8. The van der Waals surface area contributed by atoms with Gasteiger partial charge in [-0.15, -0.1) is 0 Å². The van der Waals surface area contributed by atoms with Crippen molar-refractivity contribution in [2.24, 2.45) is 0 Å². The lowest BCUT2D eigenvalue weighted by atomic mass is 10.2. The summed E-state index contributed by atoms with van der Waals surface area (Å²) >= 11 is 2.14. The van der Waals surface area contributed by atoms with Crippen LogP contribution in [-0.4, -0.2) is 24.3 Å². The molecule has 0 spiro atoms. The first-order valence-corrected chi connectivity index (χ1v) is 6.47. The summed E-state index contributed by atoms with van der Waals surface area (Å²) in [6, 6.07) is 3.60. The van der Waals surface area contributed by atoms with Crippen molar-refractivity contribution >= 4 is 34.6 Å². The average molecular weight is 362 g/mol. The Morgan fingerprint density at radius 1 is 1.44 bits per heavy atom. The Hall–Kier alpha value is -1.24. The number of ether oxygens (including phenoxy) is 2. The quantitative estimate of drug-likeness (QED) is 0.646. The van der Waals surface area contributed by atoms with Crippen LogP contribution in [-0.2, 0) is 4.79 Å². The molecule has 0 saturated carbocycles. The molecular weight excluding hydrogens is 347 g/mol. The highest BCUT2D eigenvalue weighted by Gasteiger charge is 2.12. The molecule has 98 valence electrons. The Morgan fingerprint density at radius 3 is 2.61 bits per heavy atom. The highest BCUT2D eigenvalue weighted by molar-refractivity contribution is 14.1. The first kappa shape index (κ1) is 14.8. The zero-order valence-corrected chi connectivity index (χ0v) is 12.6. The summed E-state index contributed by atoms with van der Waals surface area (Å²) in [7, 11) is 1.56. The summed E-state index contributed by atoms with van der Waals surface area (Å²) in [4.78, 5) is 10.5. The molecule has 0 amide bonds. The second kappa shape index (κ2) is 6.63. The van der Waals surface area contributed by atoms with Crippen LogP contribution in [0.25, 0.3) is 6.08 Å². The number of hydrogen-bond acceptors (Lipinski definition) is 3. The van der Waals surface area contributed by atoms with E-state index in [9.17, 15) is 4.79 Å². The molecule has 0 unspecified atom stereocenters. The van der Waals surface area contributed by atoms with Gasteiger partial charge < -0.3 is 14.6 Å². The molecule has 1 aromatic carbocycles. The van der Waals surface area contributed by atoms with Crippen molar-refractivity contribution in [1.29, 1.82) is 0 Å². The lowest BCUT2D eigenvalue weighted by Crippen LogP contribution is -2.08. The average Bonchev–Trinajstić information content (AvgIpc) is 2.28. The fraction of sp³-hybridized carbons (Fsp3) is 0.308. The van der Waals surface area contributed by atoms with Gasteiger partial charge in [0.2, 0.25) is 0 Å². The molecule has 1 N–H and O–H groups in total. The number of carboxylic acids is 1. The Labute approximate surface area is 120 Å². The number of aliphatic carboxylic acids is 1. The van der Waals surface area contributed by atoms with E-state index in [1.807, 2.05) is 19.9 Å². The third kappa shape index (κ3) is 4.21. The van der Waals surface area contributed by atoms with Gasteiger partial charge in [-0.2, -0.15) is 0 Å². The Morgan fingerprint density at radius 2 is 2.11 bits per heavy atom. The van der Waals surface area contributed by atoms with Gasteiger partial charge in [0.15, 0.2) is 11.5 Å². The van der Waals surface area contributed by atoms with Crippen LogP contribution in [0.4, 0.5) is 0 Å². The number of benzene rings is 1. The predicted molar refractivity (Wildman–Crippen MR) is 78.1 cm³/mol. The van der Waals surface area contributed by atoms with Crippen molar-refractivity contribution in [2.45, 2.75) is 20.0 Å². The van der Waals surface area contributed by atoms with E-state index in [1.54, 1.807) is 13.2 Å². The second-order valence-corrected chi connectivity index (χ2v) is 5.03. The summed E-state index contributed by atoms with van der Waals surface area (Å²) in [5.74, 6) is 0.299. The van der Waals surface area contributed by atoms with Gasteiger partial charge in [-0.25, -0.2) is 4.79 Å². The number of hydrogen-bond donors (Lipinski definition) is 1. The number of halogens is 1. The highest BCUT2D eigenvalue weighted by Crippen LogP contribution is 2.35. The molecule has 0 bridgehead atoms. The minimum Gasteiger partial charge on any atom is -0.493 e.